The highest BCUT2D eigenvalue weighted by Gasteiger charge is 2.39. The van der Waals surface area contributed by atoms with Gasteiger partial charge in [-0.15, -0.1) is 0 Å². The van der Waals surface area contributed by atoms with Crippen molar-refractivity contribution in [3.8, 4) is 0 Å². The Labute approximate surface area is 183 Å². The highest BCUT2D eigenvalue weighted by Crippen LogP contribution is 2.44. The molecule has 2 aliphatic rings. The normalized spacial score (nSPS) is 28.9. The first-order valence-corrected chi connectivity index (χ1v) is 10.9. The Balaban J connectivity index is 1.98. The third-order valence-corrected chi connectivity index (χ3v) is 5.95. The summed E-state index contributed by atoms with van der Waals surface area (Å²) in [6, 6.07) is 10.0. The summed E-state index contributed by atoms with van der Waals surface area (Å²) < 4.78 is -1.62. The van der Waals surface area contributed by atoms with Gasteiger partial charge in [0.15, 0.2) is 0 Å². The molecule has 0 aromatic heterocycles. The van der Waals surface area contributed by atoms with Gasteiger partial charge in [0.05, 0.1) is 5.69 Å². The summed E-state index contributed by atoms with van der Waals surface area (Å²) in [5.74, 6) is 0.892. The molecule has 2 aliphatic carbocycles. The van der Waals surface area contributed by atoms with E-state index >= 15 is 0 Å². The van der Waals surface area contributed by atoms with Gasteiger partial charge in [-0.1, -0.05) is 92.0 Å². The van der Waals surface area contributed by atoms with Crippen molar-refractivity contribution in [2.75, 3.05) is 0 Å². The van der Waals surface area contributed by atoms with Crippen LogP contribution in [-0.2, 0) is 0 Å². The van der Waals surface area contributed by atoms with Gasteiger partial charge in [0.1, 0.15) is 0 Å². The molecule has 1 aromatic carbocycles. The second-order valence-electron chi connectivity index (χ2n) is 8.66. The summed E-state index contributed by atoms with van der Waals surface area (Å²) >= 11 is 18.1. The van der Waals surface area contributed by atoms with Crippen molar-refractivity contribution in [2.45, 2.75) is 44.0 Å². The number of hydrogen-bond acceptors (Lipinski definition) is 2. The van der Waals surface area contributed by atoms with Gasteiger partial charge < -0.3 is 0 Å². The third kappa shape index (κ3) is 5.72. The van der Waals surface area contributed by atoms with Gasteiger partial charge in [-0.05, 0) is 48.8 Å². The van der Waals surface area contributed by atoms with Gasteiger partial charge in [0.25, 0.3) is 3.92 Å². The maximum atomic E-state index is 6.04. The van der Waals surface area contributed by atoms with Gasteiger partial charge in [-0.2, -0.15) is 0 Å². The minimum atomic E-state index is -1.62. The van der Waals surface area contributed by atoms with Crippen molar-refractivity contribution in [2.24, 2.45) is 33.2 Å². The first-order valence-electron chi connectivity index (χ1n) is 9.77. The van der Waals surface area contributed by atoms with Crippen LogP contribution in [0.4, 0.5) is 5.69 Å². The van der Waals surface area contributed by atoms with Crippen LogP contribution in [0.25, 0.3) is 0 Å². The molecule has 1 saturated carbocycles. The first-order chi connectivity index (χ1) is 13.1. The number of halogens is 3. The summed E-state index contributed by atoms with van der Waals surface area (Å²) in [5.41, 5.74) is 3.20. The highest BCUT2D eigenvalue weighted by atomic mass is 35.6. The molecule has 5 heteroatoms. The molecule has 2 nitrogen and oxygen atoms in total. The Morgan fingerprint density at radius 3 is 2.36 bits per heavy atom. The molecule has 0 N–H and O–H groups in total. The summed E-state index contributed by atoms with van der Waals surface area (Å²) in [7, 11) is 0. The maximum absolute atomic E-state index is 6.04. The zero-order valence-corrected chi connectivity index (χ0v) is 18.8. The average Bonchev–Trinajstić information content (AvgIpc) is 2.61. The van der Waals surface area contributed by atoms with E-state index in [9.17, 15) is 0 Å². The van der Waals surface area contributed by atoms with Crippen molar-refractivity contribution < 1.29 is 0 Å². The van der Waals surface area contributed by atoms with Gasteiger partial charge in [-0.25, -0.2) is 4.99 Å². The fourth-order valence-electron chi connectivity index (χ4n) is 4.16. The predicted octanol–water partition coefficient (Wildman–Crippen LogP) is 7.73. The number of benzene rings is 1. The van der Waals surface area contributed by atoms with Crippen LogP contribution in [0.5, 0.6) is 0 Å². The molecule has 150 valence electrons. The SMILES string of the molecule is CC(C)(C)C1CC/C(=N\C(Cl)(Cl)Cl)C(C2C=CC=CC2=Nc2ccccc2)C1. The molecule has 0 spiro atoms. The number of alkyl halides is 3. The van der Waals surface area contributed by atoms with Gasteiger partial charge in [0, 0.05) is 23.3 Å². The van der Waals surface area contributed by atoms with Crippen LogP contribution in [0.1, 0.15) is 40.0 Å². The molecule has 1 fully saturated rings. The Hall–Kier alpha value is -1.09. The van der Waals surface area contributed by atoms with E-state index in [1.807, 2.05) is 36.4 Å². The quantitative estimate of drug-likeness (QED) is 0.334. The molecule has 0 aliphatic heterocycles. The van der Waals surface area contributed by atoms with Crippen LogP contribution >= 0.6 is 34.8 Å². The molecule has 0 heterocycles. The highest BCUT2D eigenvalue weighted by molar-refractivity contribution is 6.67. The number of allylic oxidation sites excluding steroid dienone is 4. The average molecular weight is 438 g/mol. The van der Waals surface area contributed by atoms with Crippen molar-refractivity contribution >= 4 is 51.9 Å². The van der Waals surface area contributed by atoms with E-state index in [0.717, 1.165) is 36.4 Å². The minimum Gasteiger partial charge on any atom is -0.253 e. The molecular formula is C23H27Cl3N2. The van der Waals surface area contributed by atoms with E-state index in [1.54, 1.807) is 0 Å². The second kappa shape index (κ2) is 8.73. The maximum Gasteiger partial charge on any atom is 0.285 e. The minimum absolute atomic E-state index is 0.126. The van der Waals surface area contributed by atoms with Gasteiger partial charge >= 0.3 is 0 Å². The van der Waals surface area contributed by atoms with E-state index in [-0.39, 0.29) is 17.3 Å². The third-order valence-electron chi connectivity index (χ3n) is 5.70. The Kier molecular flexibility index (Phi) is 6.74. The number of aliphatic imine (C=N–C) groups is 2. The molecule has 28 heavy (non-hydrogen) atoms. The molecule has 0 bridgehead atoms. The molecule has 0 amide bonds. The van der Waals surface area contributed by atoms with Gasteiger partial charge in [0.2, 0.25) is 0 Å². The van der Waals surface area contributed by atoms with Crippen LogP contribution in [0.15, 0.2) is 64.6 Å². The summed E-state index contributed by atoms with van der Waals surface area (Å²) in [5, 5.41) is 0. The fraction of sp³-hybridized carbons (Fsp3) is 0.478. The summed E-state index contributed by atoms with van der Waals surface area (Å²) in [4.78, 5) is 9.40. The molecule has 3 atom stereocenters. The monoisotopic (exact) mass is 436 g/mol. The van der Waals surface area contributed by atoms with E-state index in [2.05, 4.69) is 44.0 Å². The largest absolute Gasteiger partial charge is 0.285 e. The van der Waals surface area contributed by atoms with E-state index in [0.29, 0.717) is 5.92 Å². The van der Waals surface area contributed by atoms with Crippen molar-refractivity contribution in [1.29, 1.82) is 0 Å². The van der Waals surface area contributed by atoms with Crippen molar-refractivity contribution in [1.82, 2.24) is 0 Å². The Morgan fingerprint density at radius 1 is 1.00 bits per heavy atom. The van der Waals surface area contributed by atoms with Crippen molar-refractivity contribution in [3.05, 3.63) is 54.6 Å². The first kappa shape index (κ1) is 21.6. The molecule has 3 rings (SSSR count). The van der Waals surface area contributed by atoms with Crippen LogP contribution in [-0.4, -0.2) is 15.3 Å². The lowest BCUT2D eigenvalue weighted by Gasteiger charge is -2.41. The zero-order valence-electron chi connectivity index (χ0n) is 16.6. The Bertz CT molecular complexity index is 795. The van der Waals surface area contributed by atoms with Gasteiger partial charge in [-0.3, -0.25) is 4.99 Å². The number of para-hydroxylation sites is 1. The summed E-state index contributed by atoms with van der Waals surface area (Å²) in [6.45, 7) is 6.92. The molecule has 0 radical (unpaired) electrons. The van der Waals surface area contributed by atoms with E-state index in [4.69, 9.17) is 39.8 Å². The number of hydrogen-bond donors (Lipinski definition) is 0. The Morgan fingerprint density at radius 2 is 1.71 bits per heavy atom. The van der Waals surface area contributed by atoms with Crippen LogP contribution < -0.4 is 0 Å². The van der Waals surface area contributed by atoms with Crippen molar-refractivity contribution in [3.63, 3.8) is 0 Å². The standard InChI is InChI=1S/C23H27Cl3N2/c1-22(2,3)16-13-14-21(28-23(24,25)26)19(15-16)18-11-7-8-12-20(18)27-17-9-5-4-6-10-17/h4-12,16,18-19H,13-15H2,1-3H3/b27-20?,28-21+. The lowest BCUT2D eigenvalue weighted by Crippen LogP contribution is -2.38. The topological polar surface area (TPSA) is 24.7 Å². The number of nitrogens with zero attached hydrogens (tertiary/aromatic N) is 2. The predicted molar refractivity (Wildman–Crippen MR) is 123 cm³/mol. The lowest BCUT2D eigenvalue weighted by atomic mass is 9.64. The van der Waals surface area contributed by atoms with E-state index < -0.39 is 3.92 Å². The fourth-order valence-corrected chi connectivity index (χ4v) is 4.49. The molecule has 1 aromatic rings. The second-order valence-corrected chi connectivity index (χ2v) is 10.9. The summed E-state index contributed by atoms with van der Waals surface area (Å²) in [6.07, 6.45) is 11.4. The van der Waals surface area contributed by atoms with E-state index in [1.165, 1.54) is 0 Å². The lowest BCUT2D eigenvalue weighted by molar-refractivity contribution is 0.181. The zero-order chi connectivity index (χ0) is 20.4. The molecular weight excluding hydrogens is 411 g/mol. The number of rotatable bonds is 2. The van der Waals surface area contributed by atoms with Crippen LogP contribution in [0.3, 0.4) is 0 Å². The molecule has 3 unspecified atom stereocenters. The molecule has 0 saturated heterocycles. The van der Waals surface area contributed by atoms with Crippen LogP contribution in [0.2, 0.25) is 0 Å². The van der Waals surface area contributed by atoms with Crippen LogP contribution in [0, 0.1) is 23.2 Å². The smallest absolute Gasteiger partial charge is 0.253 e.